The number of rotatable bonds is 2. The third-order valence-corrected chi connectivity index (χ3v) is 5.47. The van der Waals surface area contributed by atoms with Crippen LogP contribution in [0.3, 0.4) is 0 Å². The molecule has 1 aromatic carbocycles. The van der Waals surface area contributed by atoms with Crippen LogP contribution in [0.2, 0.25) is 0 Å². The highest BCUT2D eigenvalue weighted by molar-refractivity contribution is 7.91. The van der Waals surface area contributed by atoms with Gasteiger partial charge >= 0.3 is 0 Å². The van der Waals surface area contributed by atoms with E-state index >= 15 is 0 Å². The summed E-state index contributed by atoms with van der Waals surface area (Å²) in [6.45, 7) is 1.97. The van der Waals surface area contributed by atoms with E-state index in [1.165, 1.54) is 0 Å². The first-order valence-electron chi connectivity index (χ1n) is 6.29. The molecule has 2 heterocycles. The molecule has 1 N–H and O–H groups in total. The van der Waals surface area contributed by atoms with Crippen LogP contribution in [-0.4, -0.2) is 30.7 Å². The highest BCUT2D eigenvalue weighted by Gasteiger charge is 2.34. The monoisotopic (exact) mass is 277 g/mol. The summed E-state index contributed by atoms with van der Waals surface area (Å²) in [7, 11) is -3.02. The number of aromatic nitrogens is 1. The van der Waals surface area contributed by atoms with Crippen molar-refractivity contribution in [2.75, 3.05) is 11.5 Å². The summed E-state index contributed by atoms with van der Waals surface area (Å²) >= 11 is 0. The number of Topliss-reactive ketones (excluding diaryl/α,β-unsaturated/α-hetero) is 1. The maximum absolute atomic E-state index is 12.4. The molecule has 100 valence electrons. The summed E-state index contributed by atoms with van der Waals surface area (Å²) in [4.78, 5) is 15.5. The Hall–Kier alpha value is -1.62. The van der Waals surface area contributed by atoms with Crippen LogP contribution < -0.4 is 0 Å². The fourth-order valence-corrected chi connectivity index (χ4v) is 4.40. The molecule has 2 aromatic rings. The molecular weight excluding hydrogens is 262 g/mol. The summed E-state index contributed by atoms with van der Waals surface area (Å²) in [6, 6.07) is 5.88. The van der Waals surface area contributed by atoms with Gasteiger partial charge in [0.05, 0.1) is 11.5 Å². The van der Waals surface area contributed by atoms with Crippen molar-refractivity contribution in [1.29, 1.82) is 0 Å². The van der Waals surface area contributed by atoms with E-state index in [2.05, 4.69) is 4.98 Å². The number of H-pyrrole nitrogens is 1. The van der Waals surface area contributed by atoms with E-state index in [0.29, 0.717) is 12.0 Å². The topological polar surface area (TPSA) is 67.0 Å². The van der Waals surface area contributed by atoms with Gasteiger partial charge in [-0.25, -0.2) is 8.42 Å². The van der Waals surface area contributed by atoms with Gasteiger partial charge in [0.15, 0.2) is 15.6 Å². The van der Waals surface area contributed by atoms with Crippen LogP contribution in [0.25, 0.3) is 10.9 Å². The number of fused-ring (bicyclic) bond motifs is 1. The second-order valence-corrected chi connectivity index (χ2v) is 7.44. The lowest BCUT2D eigenvalue weighted by atomic mass is 9.96. The van der Waals surface area contributed by atoms with Gasteiger partial charge in [-0.1, -0.05) is 11.6 Å². The second kappa shape index (κ2) is 4.20. The molecule has 0 spiro atoms. The Morgan fingerprint density at radius 3 is 2.84 bits per heavy atom. The molecule has 1 atom stereocenters. The zero-order valence-electron chi connectivity index (χ0n) is 10.6. The van der Waals surface area contributed by atoms with Gasteiger partial charge in [0, 0.05) is 28.6 Å². The number of carbonyl (C=O) groups is 1. The Morgan fingerprint density at radius 2 is 2.16 bits per heavy atom. The zero-order chi connectivity index (χ0) is 13.6. The summed E-state index contributed by atoms with van der Waals surface area (Å²) in [5.74, 6) is -0.322. The van der Waals surface area contributed by atoms with Gasteiger partial charge in [0.25, 0.3) is 0 Å². The minimum Gasteiger partial charge on any atom is -0.360 e. The minimum atomic E-state index is -3.02. The zero-order valence-corrected chi connectivity index (χ0v) is 11.5. The van der Waals surface area contributed by atoms with Crippen LogP contribution in [0, 0.1) is 12.8 Å². The van der Waals surface area contributed by atoms with E-state index in [-0.39, 0.29) is 23.2 Å². The molecule has 1 unspecified atom stereocenters. The van der Waals surface area contributed by atoms with Gasteiger partial charge in [-0.3, -0.25) is 4.79 Å². The number of benzene rings is 1. The Bertz CT molecular complexity index is 758. The predicted molar refractivity (Wildman–Crippen MR) is 74.1 cm³/mol. The van der Waals surface area contributed by atoms with Crippen molar-refractivity contribution >= 4 is 26.5 Å². The van der Waals surface area contributed by atoms with Crippen LogP contribution in [0.1, 0.15) is 22.3 Å². The van der Waals surface area contributed by atoms with E-state index in [4.69, 9.17) is 0 Å². The van der Waals surface area contributed by atoms with E-state index in [1.54, 1.807) is 6.20 Å². The Morgan fingerprint density at radius 1 is 1.37 bits per heavy atom. The third-order valence-electron chi connectivity index (χ3n) is 3.71. The first-order valence-corrected chi connectivity index (χ1v) is 8.11. The number of nitrogens with one attached hydrogen (secondary N) is 1. The van der Waals surface area contributed by atoms with Crippen molar-refractivity contribution in [3.8, 4) is 0 Å². The largest absolute Gasteiger partial charge is 0.360 e. The van der Waals surface area contributed by atoms with Crippen LogP contribution in [0.15, 0.2) is 24.4 Å². The summed E-state index contributed by atoms with van der Waals surface area (Å²) in [5, 5.41) is 0.884. The van der Waals surface area contributed by atoms with Crippen LogP contribution >= 0.6 is 0 Å². The number of aryl methyl sites for hydroxylation is 1. The molecule has 1 aromatic heterocycles. The molecule has 0 bridgehead atoms. The molecule has 1 fully saturated rings. The Kier molecular flexibility index (Phi) is 2.74. The number of carbonyl (C=O) groups excluding carboxylic acids is 1. The van der Waals surface area contributed by atoms with E-state index in [0.717, 1.165) is 16.5 Å². The smallest absolute Gasteiger partial charge is 0.169 e. The summed E-state index contributed by atoms with van der Waals surface area (Å²) < 4.78 is 22.9. The van der Waals surface area contributed by atoms with Gasteiger partial charge in [-0.2, -0.15) is 0 Å². The van der Waals surface area contributed by atoms with Crippen molar-refractivity contribution in [2.45, 2.75) is 13.3 Å². The normalized spacial score (nSPS) is 21.8. The molecule has 1 aliphatic rings. The van der Waals surface area contributed by atoms with Gasteiger partial charge < -0.3 is 4.98 Å². The van der Waals surface area contributed by atoms with Crippen molar-refractivity contribution in [3.05, 3.63) is 35.5 Å². The average Bonchev–Trinajstić information content (AvgIpc) is 2.91. The van der Waals surface area contributed by atoms with Crippen LogP contribution in [-0.2, 0) is 9.84 Å². The lowest BCUT2D eigenvalue weighted by Crippen LogP contribution is -2.15. The number of ketones is 1. The van der Waals surface area contributed by atoms with Crippen LogP contribution in [0.5, 0.6) is 0 Å². The molecule has 0 aliphatic carbocycles. The molecule has 0 radical (unpaired) electrons. The molecule has 5 heteroatoms. The predicted octanol–water partition coefficient (Wildman–Crippen LogP) is 2.09. The van der Waals surface area contributed by atoms with Crippen molar-refractivity contribution in [2.24, 2.45) is 5.92 Å². The SMILES string of the molecule is Cc1ccc2[nH]cc(C(=O)C3CCS(=O)(=O)C3)c2c1. The van der Waals surface area contributed by atoms with Gasteiger partial charge in [0.2, 0.25) is 0 Å². The third kappa shape index (κ3) is 2.18. The fraction of sp³-hybridized carbons (Fsp3) is 0.357. The number of sulfone groups is 1. The lowest BCUT2D eigenvalue weighted by Gasteiger charge is -2.05. The first kappa shape index (κ1) is 12.4. The minimum absolute atomic E-state index is 0.00960. The van der Waals surface area contributed by atoms with Gasteiger partial charge in [0.1, 0.15) is 0 Å². The quantitative estimate of drug-likeness (QED) is 0.855. The molecule has 3 rings (SSSR count). The van der Waals surface area contributed by atoms with Crippen molar-refractivity contribution in [3.63, 3.8) is 0 Å². The highest BCUT2D eigenvalue weighted by Crippen LogP contribution is 2.27. The molecule has 19 heavy (non-hydrogen) atoms. The second-order valence-electron chi connectivity index (χ2n) is 5.22. The summed E-state index contributed by atoms with van der Waals surface area (Å²) in [6.07, 6.45) is 2.14. The lowest BCUT2D eigenvalue weighted by molar-refractivity contribution is 0.0935. The number of hydrogen-bond donors (Lipinski definition) is 1. The molecule has 1 aliphatic heterocycles. The first-order chi connectivity index (χ1) is 8.96. The van der Waals surface area contributed by atoms with E-state index in [9.17, 15) is 13.2 Å². The number of hydrogen-bond acceptors (Lipinski definition) is 3. The summed E-state index contributed by atoms with van der Waals surface area (Å²) in [5.41, 5.74) is 2.61. The molecule has 1 saturated heterocycles. The Balaban J connectivity index is 2.01. The Labute approximate surface area is 111 Å². The maximum atomic E-state index is 12.4. The van der Waals surface area contributed by atoms with Gasteiger partial charge in [-0.15, -0.1) is 0 Å². The highest BCUT2D eigenvalue weighted by atomic mass is 32.2. The van der Waals surface area contributed by atoms with Crippen molar-refractivity contribution < 1.29 is 13.2 Å². The fourth-order valence-electron chi connectivity index (χ4n) is 2.66. The van der Waals surface area contributed by atoms with Crippen LogP contribution in [0.4, 0.5) is 0 Å². The van der Waals surface area contributed by atoms with Gasteiger partial charge in [-0.05, 0) is 25.5 Å². The standard InChI is InChI=1S/C14H15NO3S/c1-9-2-3-13-11(6-9)12(7-15-13)14(16)10-4-5-19(17,18)8-10/h2-3,6-7,10,15H,4-5,8H2,1H3. The molecule has 0 amide bonds. The maximum Gasteiger partial charge on any atom is 0.169 e. The number of aromatic amines is 1. The average molecular weight is 277 g/mol. The van der Waals surface area contributed by atoms with E-state index in [1.807, 2.05) is 25.1 Å². The molecular formula is C14H15NO3S. The molecule has 0 saturated carbocycles. The molecule has 4 nitrogen and oxygen atoms in total. The van der Waals surface area contributed by atoms with E-state index < -0.39 is 9.84 Å². The van der Waals surface area contributed by atoms with Crippen molar-refractivity contribution in [1.82, 2.24) is 4.98 Å².